The molecule has 0 aromatic heterocycles. The number of nitriles is 1. The fourth-order valence-corrected chi connectivity index (χ4v) is 2.22. The van der Waals surface area contributed by atoms with Crippen LogP contribution < -0.4 is 0 Å². The predicted octanol–water partition coefficient (Wildman–Crippen LogP) is 1.29. The Labute approximate surface area is 66.2 Å². The molecule has 0 radical (unpaired) electrons. The van der Waals surface area contributed by atoms with E-state index >= 15 is 0 Å². The molecule has 0 spiro atoms. The summed E-state index contributed by atoms with van der Waals surface area (Å²) >= 11 is 1.97. The maximum absolute atomic E-state index is 8.52. The minimum Gasteiger partial charge on any atom is -0.309 e. The Balaban J connectivity index is 2.23. The summed E-state index contributed by atoms with van der Waals surface area (Å²) in [5, 5.41) is 9.23. The average molecular weight is 156 g/mol. The van der Waals surface area contributed by atoms with Gasteiger partial charge in [0, 0.05) is 18.3 Å². The second kappa shape index (κ2) is 3.72. The van der Waals surface area contributed by atoms with E-state index < -0.39 is 0 Å². The van der Waals surface area contributed by atoms with Crippen LogP contribution in [0.1, 0.15) is 13.3 Å². The van der Waals surface area contributed by atoms with Crippen LogP contribution >= 0.6 is 11.8 Å². The summed E-state index contributed by atoms with van der Waals surface area (Å²) in [6, 6.07) is 0. The summed E-state index contributed by atoms with van der Waals surface area (Å²) in [5.41, 5.74) is 0. The fraction of sp³-hybridized carbons (Fsp3) is 0.857. The lowest BCUT2D eigenvalue weighted by atomic mass is 10.4. The van der Waals surface area contributed by atoms with Crippen molar-refractivity contribution in [2.45, 2.75) is 18.6 Å². The van der Waals surface area contributed by atoms with Gasteiger partial charge in [0.05, 0.1) is 0 Å². The van der Waals surface area contributed by atoms with Crippen LogP contribution in [-0.4, -0.2) is 29.0 Å². The van der Waals surface area contributed by atoms with Gasteiger partial charge in [0.25, 0.3) is 0 Å². The Hall–Kier alpha value is -0.360. The first-order chi connectivity index (χ1) is 4.86. The molecule has 1 saturated heterocycles. The molecule has 0 saturated carbocycles. The normalized spacial score (nSPS) is 24.8. The van der Waals surface area contributed by atoms with Gasteiger partial charge in [-0.25, -0.2) is 0 Å². The van der Waals surface area contributed by atoms with Gasteiger partial charge in [-0.3, -0.25) is 0 Å². The fourth-order valence-electron chi connectivity index (χ4n) is 1.19. The van der Waals surface area contributed by atoms with Gasteiger partial charge in [-0.2, -0.15) is 17.0 Å². The summed E-state index contributed by atoms with van der Waals surface area (Å²) < 4.78 is 0. The van der Waals surface area contributed by atoms with Crippen molar-refractivity contribution in [1.82, 2.24) is 4.90 Å². The van der Waals surface area contributed by atoms with Crippen LogP contribution in [0.3, 0.4) is 0 Å². The molecular weight excluding hydrogens is 144 g/mol. The number of hydrogen-bond acceptors (Lipinski definition) is 3. The highest BCUT2D eigenvalue weighted by molar-refractivity contribution is 7.99. The third-order valence-corrected chi connectivity index (χ3v) is 2.88. The number of likely N-dealkylation sites (tertiary alicyclic amines) is 1. The third-order valence-electron chi connectivity index (χ3n) is 1.69. The van der Waals surface area contributed by atoms with Gasteiger partial charge in [0.2, 0.25) is 0 Å². The molecule has 1 aliphatic heterocycles. The van der Waals surface area contributed by atoms with E-state index in [2.05, 4.69) is 13.1 Å². The van der Waals surface area contributed by atoms with Crippen molar-refractivity contribution in [2.24, 2.45) is 0 Å². The number of rotatable bonds is 2. The average Bonchev–Trinajstić information content (AvgIpc) is 2.37. The first-order valence-electron chi connectivity index (χ1n) is 3.63. The Morgan fingerprint density at radius 3 is 3.10 bits per heavy atom. The molecule has 56 valence electrons. The Bertz CT molecular complexity index is 141. The molecule has 0 N–H and O–H groups in total. The maximum atomic E-state index is 8.52. The number of hydrogen-bond donors (Lipinski definition) is 0. The molecule has 0 aromatic rings. The molecule has 1 aliphatic rings. The van der Waals surface area contributed by atoms with Gasteiger partial charge >= 0.3 is 0 Å². The largest absolute Gasteiger partial charge is 0.309 e. The van der Waals surface area contributed by atoms with Crippen molar-refractivity contribution < 1.29 is 0 Å². The molecule has 1 unspecified atom stereocenters. The molecule has 0 aromatic carbocycles. The van der Waals surface area contributed by atoms with E-state index in [1.54, 1.807) is 0 Å². The maximum Gasteiger partial charge on any atom is 0.179 e. The molecule has 1 atom stereocenters. The van der Waals surface area contributed by atoms with E-state index in [1.807, 2.05) is 16.7 Å². The molecule has 10 heavy (non-hydrogen) atoms. The highest BCUT2D eigenvalue weighted by atomic mass is 32.2. The van der Waals surface area contributed by atoms with Crippen LogP contribution in [0.5, 0.6) is 0 Å². The van der Waals surface area contributed by atoms with Crippen LogP contribution in [0.25, 0.3) is 0 Å². The quantitative estimate of drug-likeness (QED) is 0.564. The molecule has 2 nitrogen and oxygen atoms in total. The standard InChI is InChI=1S/C7H12N2S/c1-2-10-7-3-4-9(5-7)6-8/h7H,2-5H2,1H3. The van der Waals surface area contributed by atoms with Crippen molar-refractivity contribution in [1.29, 1.82) is 5.26 Å². The summed E-state index contributed by atoms with van der Waals surface area (Å²) in [6.45, 7) is 4.10. The van der Waals surface area contributed by atoms with E-state index in [1.165, 1.54) is 12.2 Å². The van der Waals surface area contributed by atoms with E-state index in [9.17, 15) is 0 Å². The second-order valence-electron chi connectivity index (χ2n) is 2.41. The molecule has 0 bridgehead atoms. The molecular formula is C7H12N2S. The molecule has 1 heterocycles. The van der Waals surface area contributed by atoms with Crippen LogP contribution in [0.2, 0.25) is 0 Å². The van der Waals surface area contributed by atoms with Crippen molar-refractivity contribution in [3.8, 4) is 6.19 Å². The zero-order chi connectivity index (χ0) is 7.40. The van der Waals surface area contributed by atoms with Gasteiger partial charge in [-0.05, 0) is 12.2 Å². The lowest BCUT2D eigenvalue weighted by Gasteiger charge is -2.06. The number of nitrogens with zero attached hydrogens (tertiary/aromatic N) is 2. The first-order valence-corrected chi connectivity index (χ1v) is 4.68. The van der Waals surface area contributed by atoms with Gasteiger partial charge < -0.3 is 4.90 Å². The Morgan fingerprint density at radius 2 is 2.60 bits per heavy atom. The third kappa shape index (κ3) is 1.81. The van der Waals surface area contributed by atoms with Crippen molar-refractivity contribution in [2.75, 3.05) is 18.8 Å². The minimum atomic E-state index is 0.713. The highest BCUT2D eigenvalue weighted by Gasteiger charge is 2.20. The molecule has 1 rings (SSSR count). The van der Waals surface area contributed by atoms with Crippen LogP contribution in [0, 0.1) is 11.5 Å². The summed E-state index contributed by atoms with van der Waals surface area (Å²) in [6.07, 6.45) is 3.36. The SMILES string of the molecule is CCSC1CCN(C#N)C1. The molecule has 0 amide bonds. The smallest absolute Gasteiger partial charge is 0.179 e. The molecule has 1 fully saturated rings. The zero-order valence-electron chi connectivity index (χ0n) is 6.21. The van der Waals surface area contributed by atoms with E-state index in [0.717, 1.165) is 13.1 Å². The van der Waals surface area contributed by atoms with Crippen LogP contribution in [0.15, 0.2) is 0 Å². The van der Waals surface area contributed by atoms with Crippen molar-refractivity contribution in [3.05, 3.63) is 0 Å². The van der Waals surface area contributed by atoms with Gasteiger partial charge in [-0.1, -0.05) is 6.92 Å². The summed E-state index contributed by atoms with van der Waals surface area (Å²) in [5.74, 6) is 1.17. The molecule has 0 aliphatic carbocycles. The first kappa shape index (κ1) is 7.74. The van der Waals surface area contributed by atoms with Gasteiger partial charge in [-0.15, -0.1) is 0 Å². The second-order valence-corrected chi connectivity index (χ2v) is 3.99. The van der Waals surface area contributed by atoms with Gasteiger partial charge in [0.1, 0.15) is 0 Å². The Morgan fingerprint density at radius 1 is 1.80 bits per heavy atom. The lowest BCUT2D eigenvalue weighted by molar-refractivity contribution is 0.488. The number of thioether (sulfide) groups is 1. The van der Waals surface area contributed by atoms with Crippen molar-refractivity contribution >= 4 is 11.8 Å². The van der Waals surface area contributed by atoms with Crippen molar-refractivity contribution in [3.63, 3.8) is 0 Å². The van der Waals surface area contributed by atoms with Gasteiger partial charge in [0.15, 0.2) is 6.19 Å². The summed E-state index contributed by atoms with van der Waals surface area (Å²) in [4.78, 5) is 1.84. The van der Waals surface area contributed by atoms with E-state index in [-0.39, 0.29) is 0 Å². The van der Waals surface area contributed by atoms with Crippen LogP contribution in [0.4, 0.5) is 0 Å². The zero-order valence-corrected chi connectivity index (χ0v) is 7.02. The Kier molecular flexibility index (Phi) is 2.88. The molecule has 3 heteroatoms. The lowest BCUT2D eigenvalue weighted by Crippen LogP contribution is -2.14. The predicted molar refractivity (Wildman–Crippen MR) is 43.7 cm³/mol. The topological polar surface area (TPSA) is 27.0 Å². The minimum absolute atomic E-state index is 0.713. The monoisotopic (exact) mass is 156 g/mol. The summed E-state index contributed by atoms with van der Waals surface area (Å²) in [7, 11) is 0. The highest BCUT2D eigenvalue weighted by Crippen LogP contribution is 2.21. The van der Waals surface area contributed by atoms with Crippen LogP contribution in [-0.2, 0) is 0 Å². The van der Waals surface area contributed by atoms with E-state index in [0.29, 0.717) is 5.25 Å². The van der Waals surface area contributed by atoms with E-state index in [4.69, 9.17) is 5.26 Å².